The molecule has 9 heteroatoms. The van der Waals surface area contributed by atoms with Crippen LogP contribution in [0.15, 0.2) is 30.3 Å². The Balaban J connectivity index is 1.30. The fraction of sp³-hybridized carbons (Fsp3) is 0.458. The molecule has 4 rings (SSSR count). The number of benzene rings is 2. The van der Waals surface area contributed by atoms with Crippen molar-refractivity contribution in [2.45, 2.75) is 51.6 Å². The molecular formula is C24H24F5NO2S. The maximum absolute atomic E-state index is 14.5. The zero-order chi connectivity index (χ0) is 23.6. The zero-order valence-electron chi connectivity index (χ0n) is 18.1. The normalized spacial score (nSPS) is 19.1. The Bertz CT molecular complexity index is 1090. The molecule has 3 nitrogen and oxygen atoms in total. The molecule has 1 aliphatic rings. The van der Waals surface area contributed by atoms with Crippen LogP contribution in [0.25, 0.3) is 10.2 Å². The molecule has 0 spiro atoms. The lowest BCUT2D eigenvalue weighted by atomic mass is 9.82. The highest BCUT2D eigenvalue weighted by atomic mass is 32.1. The van der Waals surface area contributed by atoms with Gasteiger partial charge in [-0.05, 0) is 55.7 Å². The van der Waals surface area contributed by atoms with Crippen molar-refractivity contribution in [2.24, 2.45) is 11.8 Å². The second-order valence-corrected chi connectivity index (χ2v) is 9.42. The molecular weight excluding hydrogens is 461 g/mol. The van der Waals surface area contributed by atoms with E-state index in [1.807, 2.05) is 6.07 Å². The summed E-state index contributed by atoms with van der Waals surface area (Å²) in [5, 5.41) is 0.565. The average Bonchev–Trinajstić information content (AvgIpc) is 3.18. The quantitative estimate of drug-likeness (QED) is 0.244. The first-order chi connectivity index (χ1) is 15.7. The van der Waals surface area contributed by atoms with Crippen molar-refractivity contribution in [3.05, 3.63) is 53.3 Å². The second kappa shape index (κ2) is 9.83. The molecule has 0 amide bonds. The van der Waals surface area contributed by atoms with Crippen molar-refractivity contribution < 1.29 is 31.4 Å². The number of thiazole rings is 1. The summed E-state index contributed by atoms with van der Waals surface area (Å²) in [7, 11) is 0. The largest absolute Gasteiger partial charge is 0.470 e. The summed E-state index contributed by atoms with van der Waals surface area (Å²) in [4.78, 5) is 4.49. The van der Waals surface area contributed by atoms with Gasteiger partial charge in [0.05, 0.1) is 22.7 Å². The van der Waals surface area contributed by atoms with Gasteiger partial charge in [-0.25, -0.2) is 18.2 Å². The Morgan fingerprint density at radius 3 is 2.39 bits per heavy atom. The van der Waals surface area contributed by atoms with Crippen molar-refractivity contribution in [1.82, 2.24) is 4.98 Å². The van der Waals surface area contributed by atoms with E-state index in [1.54, 1.807) is 0 Å². The molecule has 0 bridgehead atoms. The van der Waals surface area contributed by atoms with Crippen LogP contribution in [0, 0.1) is 29.3 Å². The first-order valence-corrected chi connectivity index (χ1v) is 11.8. The van der Waals surface area contributed by atoms with E-state index in [4.69, 9.17) is 4.74 Å². The van der Waals surface area contributed by atoms with E-state index in [2.05, 4.69) is 28.8 Å². The van der Waals surface area contributed by atoms with Gasteiger partial charge in [0, 0.05) is 12.1 Å². The molecule has 33 heavy (non-hydrogen) atoms. The SMILES string of the molecule is CCCc1ccc2nc(OCC3CCC(C(F)(F)Oc4cc(F)c(F)c(F)c4)CC3)sc2c1. The highest BCUT2D eigenvalue weighted by Crippen LogP contribution is 2.41. The number of hydrogen-bond donors (Lipinski definition) is 0. The summed E-state index contributed by atoms with van der Waals surface area (Å²) < 4.78 is 80.2. The summed E-state index contributed by atoms with van der Waals surface area (Å²) >= 11 is 1.47. The fourth-order valence-corrected chi connectivity index (χ4v) is 5.03. The van der Waals surface area contributed by atoms with E-state index in [9.17, 15) is 22.0 Å². The van der Waals surface area contributed by atoms with Crippen molar-refractivity contribution in [3.8, 4) is 10.9 Å². The number of aromatic nitrogens is 1. The van der Waals surface area contributed by atoms with Crippen molar-refractivity contribution >= 4 is 21.6 Å². The zero-order valence-corrected chi connectivity index (χ0v) is 18.9. The molecule has 0 aliphatic heterocycles. The van der Waals surface area contributed by atoms with Crippen LogP contribution in [-0.4, -0.2) is 17.7 Å². The maximum atomic E-state index is 14.5. The third kappa shape index (κ3) is 5.57. The standard InChI is InChI=1S/C24H24F5NO2S/c1-2-3-14-6-9-20-21(10-14)33-23(30-20)31-13-15-4-7-16(8-5-15)24(28,29)32-17-11-18(25)22(27)19(26)12-17/h6,9-12,15-16H,2-5,7-8,13H2,1H3. The molecule has 0 saturated heterocycles. The van der Waals surface area contributed by atoms with Crippen LogP contribution in [0.3, 0.4) is 0 Å². The van der Waals surface area contributed by atoms with E-state index in [0.29, 0.717) is 36.8 Å². The predicted molar refractivity (Wildman–Crippen MR) is 116 cm³/mol. The van der Waals surface area contributed by atoms with Gasteiger partial charge in [-0.15, -0.1) is 0 Å². The van der Waals surface area contributed by atoms with E-state index >= 15 is 0 Å². The van der Waals surface area contributed by atoms with E-state index in [0.717, 1.165) is 23.1 Å². The van der Waals surface area contributed by atoms with Gasteiger partial charge in [-0.2, -0.15) is 8.78 Å². The van der Waals surface area contributed by atoms with Crippen LogP contribution in [0.1, 0.15) is 44.6 Å². The van der Waals surface area contributed by atoms with Gasteiger partial charge in [-0.3, -0.25) is 0 Å². The lowest BCUT2D eigenvalue weighted by molar-refractivity contribution is -0.224. The molecule has 1 aliphatic carbocycles. The molecule has 0 atom stereocenters. The summed E-state index contributed by atoms with van der Waals surface area (Å²) in [6.45, 7) is 2.51. The fourth-order valence-electron chi connectivity index (χ4n) is 4.14. The van der Waals surface area contributed by atoms with Gasteiger partial charge in [-0.1, -0.05) is 30.7 Å². The Morgan fingerprint density at radius 1 is 1.03 bits per heavy atom. The molecule has 1 fully saturated rings. The first-order valence-electron chi connectivity index (χ1n) is 11.0. The minimum absolute atomic E-state index is 0.0976. The van der Waals surface area contributed by atoms with E-state index in [-0.39, 0.29) is 18.8 Å². The molecule has 2 aromatic carbocycles. The number of rotatable bonds is 8. The summed E-state index contributed by atoms with van der Waals surface area (Å²) in [6, 6.07) is 7.02. The van der Waals surface area contributed by atoms with Crippen LogP contribution >= 0.6 is 11.3 Å². The number of fused-ring (bicyclic) bond motifs is 1. The van der Waals surface area contributed by atoms with E-state index < -0.39 is 35.2 Å². The highest BCUT2D eigenvalue weighted by Gasteiger charge is 2.44. The third-order valence-electron chi connectivity index (χ3n) is 5.95. The number of halogens is 5. The van der Waals surface area contributed by atoms with Crippen molar-refractivity contribution in [1.29, 1.82) is 0 Å². The summed E-state index contributed by atoms with van der Waals surface area (Å²) in [6.07, 6.45) is -0.195. The smallest absolute Gasteiger partial charge is 0.400 e. The molecule has 1 saturated carbocycles. The molecule has 0 unspecified atom stereocenters. The van der Waals surface area contributed by atoms with Gasteiger partial charge >= 0.3 is 6.11 Å². The number of alkyl halides is 2. The topological polar surface area (TPSA) is 31.4 Å². The minimum atomic E-state index is -3.62. The Morgan fingerprint density at radius 2 is 1.73 bits per heavy atom. The van der Waals surface area contributed by atoms with Gasteiger partial charge in [0.25, 0.3) is 5.19 Å². The summed E-state index contributed by atoms with van der Waals surface area (Å²) in [5.41, 5.74) is 2.14. The average molecular weight is 486 g/mol. The predicted octanol–water partition coefficient (Wildman–Crippen LogP) is 7.52. The molecule has 0 radical (unpaired) electrons. The molecule has 178 valence electrons. The second-order valence-electron chi connectivity index (χ2n) is 8.43. The maximum Gasteiger partial charge on any atom is 0.400 e. The van der Waals surface area contributed by atoms with Gasteiger partial charge < -0.3 is 9.47 Å². The van der Waals surface area contributed by atoms with Crippen LogP contribution < -0.4 is 9.47 Å². The number of nitrogens with zero attached hydrogens (tertiary/aromatic N) is 1. The Kier molecular flexibility index (Phi) is 7.07. The molecule has 1 heterocycles. The first kappa shape index (κ1) is 23.7. The third-order valence-corrected chi connectivity index (χ3v) is 6.88. The Hall–Kier alpha value is -2.42. The molecule has 0 N–H and O–H groups in total. The highest BCUT2D eigenvalue weighted by molar-refractivity contribution is 7.20. The molecule has 1 aromatic heterocycles. The van der Waals surface area contributed by atoms with Crippen LogP contribution in [0.4, 0.5) is 22.0 Å². The Labute approximate surface area is 192 Å². The lowest BCUT2D eigenvalue weighted by Crippen LogP contribution is -2.38. The van der Waals surface area contributed by atoms with Crippen molar-refractivity contribution in [2.75, 3.05) is 6.61 Å². The van der Waals surface area contributed by atoms with Crippen LogP contribution in [0.5, 0.6) is 10.9 Å². The summed E-state index contributed by atoms with van der Waals surface area (Å²) in [5.74, 6) is -6.61. The number of hydrogen-bond acceptors (Lipinski definition) is 4. The van der Waals surface area contributed by atoms with Crippen molar-refractivity contribution in [3.63, 3.8) is 0 Å². The number of ether oxygens (including phenoxy) is 2. The minimum Gasteiger partial charge on any atom is -0.470 e. The van der Waals surface area contributed by atoms with Gasteiger partial charge in [0.2, 0.25) is 0 Å². The molecule has 3 aromatic rings. The van der Waals surface area contributed by atoms with Crippen LogP contribution in [0.2, 0.25) is 0 Å². The van der Waals surface area contributed by atoms with E-state index in [1.165, 1.54) is 16.9 Å². The number of aryl methyl sites for hydroxylation is 1. The van der Waals surface area contributed by atoms with Gasteiger partial charge in [0.1, 0.15) is 5.75 Å². The van der Waals surface area contributed by atoms with Gasteiger partial charge in [0.15, 0.2) is 17.5 Å². The lowest BCUT2D eigenvalue weighted by Gasteiger charge is -2.33. The monoisotopic (exact) mass is 485 g/mol. The van der Waals surface area contributed by atoms with Crippen LogP contribution in [-0.2, 0) is 6.42 Å².